The lowest BCUT2D eigenvalue weighted by atomic mass is 10.1. The zero-order chi connectivity index (χ0) is 19.5. The SMILES string of the molecule is Fc1ccc(-c2noc(N3C=NC4c5ccccc5-n5c(cnc5Cl)N43)n2)cc1. The summed E-state index contributed by atoms with van der Waals surface area (Å²) in [5.74, 6) is 0.739. The van der Waals surface area contributed by atoms with Gasteiger partial charge in [-0.15, -0.1) is 0 Å². The number of anilines is 2. The van der Waals surface area contributed by atoms with Gasteiger partial charge in [-0.25, -0.2) is 19.4 Å². The van der Waals surface area contributed by atoms with Crippen molar-refractivity contribution in [3.63, 3.8) is 0 Å². The van der Waals surface area contributed by atoms with E-state index in [-0.39, 0.29) is 18.0 Å². The molecule has 0 bridgehead atoms. The Balaban J connectivity index is 1.43. The van der Waals surface area contributed by atoms with E-state index in [0.29, 0.717) is 16.7 Å². The van der Waals surface area contributed by atoms with Crippen LogP contribution in [-0.4, -0.2) is 26.0 Å². The molecule has 4 aromatic rings. The monoisotopic (exact) mass is 407 g/mol. The van der Waals surface area contributed by atoms with Crippen LogP contribution in [-0.2, 0) is 0 Å². The van der Waals surface area contributed by atoms with E-state index in [9.17, 15) is 4.39 Å². The predicted octanol–water partition coefficient (Wildman–Crippen LogP) is 4.00. The Morgan fingerprint density at radius 3 is 2.76 bits per heavy atom. The van der Waals surface area contributed by atoms with E-state index in [1.54, 1.807) is 29.7 Å². The zero-order valence-electron chi connectivity index (χ0n) is 14.6. The molecule has 0 N–H and O–H groups in total. The van der Waals surface area contributed by atoms with Gasteiger partial charge < -0.3 is 4.52 Å². The second-order valence-electron chi connectivity index (χ2n) is 6.51. The van der Waals surface area contributed by atoms with Gasteiger partial charge in [-0.1, -0.05) is 23.4 Å². The quantitative estimate of drug-likeness (QED) is 0.500. The average Bonchev–Trinajstić information content (AvgIpc) is 3.46. The van der Waals surface area contributed by atoms with Crippen molar-refractivity contribution in [3.8, 4) is 17.1 Å². The van der Waals surface area contributed by atoms with Gasteiger partial charge in [0.15, 0.2) is 12.0 Å². The molecule has 0 spiro atoms. The van der Waals surface area contributed by atoms with Crippen LogP contribution in [0, 0.1) is 5.82 Å². The van der Waals surface area contributed by atoms with Gasteiger partial charge in [-0.3, -0.25) is 4.57 Å². The molecule has 1 atom stereocenters. The number of rotatable bonds is 2. The van der Waals surface area contributed by atoms with Gasteiger partial charge in [-0.2, -0.15) is 9.99 Å². The number of nitrogens with zero attached hydrogens (tertiary/aromatic N) is 7. The highest BCUT2D eigenvalue weighted by Crippen LogP contribution is 2.44. The fourth-order valence-corrected chi connectivity index (χ4v) is 3.82. The van der Waals surface area contributed by atoms with Crippen LogP contribution in [0.4, 0.5) is 16.2 Å². The number of aliphatic imine (C=N–C) groups is 1. The van der Waals surface area contributed by atoms with E-state index in [1.165, 1.54) is 12.1 Å². The van der Waals surface area contributed by atoms with Crippen molar-refractivity contribution in [1.82, 2.24) is 19.7 Å². The lowest BCUT2D eigenvalue weighted by molar-refractivity contribution is 0.420. The van der Waals surface area contributed by atoms with Crippen LogP contribution >= 0.6 is 11.6 Å². The van der Waals surface area contributed by atoms with E-state index in [1.807, 2.05) is 33.8 Å². The zero-order valence-corrected chi connectivity index (χ0v) is 15.4. The molecule has 0 radical (unpaired) electrons. The molecule has 142 valence electrons. The summed E-state index contributed by atoms with van der Waals surface area (Å²) in [6, 6.07) is 14.0. The Kier molecular flexibility index (Phi) is 3.30. The van der Waals surface area contributed by atoms with Crippen LogP contribution in [0.15, 0.2) is 64.2 Å². The number of para-hydroxylation sites is 1. The number of hydrogen-bond acceptors (Lipinski definition) is 7. The average molecular weight is 408 g/mol. The highest BCUT2D eigenvalue weighted by molar-refractivity contribution is 6.29. The first-order valence-corrected chi connectivity index (χ1v) is 9.12. The topological polar surface area (TPSA) is 75.6 Å². The fourth-order valence-electron chi connectivity index (χ4n) is 3.59. The van der Waals surface area contributed by atoms with Gasteiger partial charge in [0.1, 0.15) is 12.2 Å². The molecular formula is C19H11ClFN7O. The minimum atomic E-state index is -0.330. The highest BCUT2D eigenvalue weighted by Gasteiger charge is 2.41. The van der Waals surface area contributed by atoms with E-state index >= 15 is 0 Å². The third kappa shape index (κ3) is 2.31. The Morgan fingerprint density at radius 2 is 1.90 bits per heavy atom. The summed E-state index contributed by atoms with van der Waals surface area (Å²) in [6.07, 6.45) is 2.98. The Hall–Kier alpha value is -3.72. The maximum absolute atomic E-state index is 13.2. The van der Waals surface area contributed by atoms with Gasteiger partial charge in [0.2, 0.25) is 11.1 Å². The standard InChI is InChI=1S/C19H11ClFN7O/c20-18-22-9-15-27(18)14-4-2-1-3-13(14)17-23-10-26(28(15)17)19-24-16(25-29-19)11-5-7-12(21)8-6-11/h1-10,17H. The molecule has 0 saturated carbocycles. The molecule has 2 aromatic carbocycles. The first kappa shape index (κ1) is 16.3. The number of fused-ring (bicyclic) bond motifs is 6. The van der Waals surface area contributed by atoms with Crippen molar-refractivity contribution in [2.24, 2.45) is 4.99 Å². The predicted molar refractivity (Wildman–Crippen MR) is 104 cm³/mol. The van der Waals surface area contributed by atoms with E-state index in [4.69, 9.17) is 16.1 Å². The third-order valence-electron chi connectivity index (χ3n) is 4.89. The Morgan fingerprint density at radius 1 is 1.07 bits per heavy atom. The van der Waals surface area contributed by atoms with Crippen molar-refractivity contribution in [1.29, 1.82) is 0 Å². The van der Waals surface area contributed by atoms with Crippen molar-refractivity contribution >= 4 is 29.8 Å². The molecule has 0 saturated heterocycles. The van der Waals surface area contributed by atoms with Gasteiger partial charge in [-0.05, 0) is 41.9 Å². The lowest BCUT2D eigenvalue weighted by Gasteiger charge is -2.35. The van der Waals surface area contributed by atoms with Crippen molar-refractivity contribution in [2.45, 2.75) is 6.17 Å². The summed E-state index contributed by atoms with van der Waals surface area (Å²) in [5.41, 5.74) is 2.53. The molecular weight excluding hydrogens is 397 g/mol. The molecule has 10 heteroatoms. The van der Waals surface area contributed by atoms with Crippen LogP contribution in [0.5, 0.6) is 0 Å². The van der Waals surface area contributed by atoms with Crippen LogP contribution in [0.3, 0.4) is 0 Å². The van der Waals surface area contributed by atoms with Crippen LogP contribution in [0.1, 0.15) is 11.7 Å². The number of hydrazine groups is 1. The molecule has 29 heavy (non-hydrogen) atoms. The maximum Gasteiger partial charge on any atom is 0.349 e. The van der Waals surface area contributed by atoms with Crippen molar-refractivity contribution in [3.05, 3.63) is 71.4 Å². The minimum Gasteiger partial charge on any atom is -0.313 e. The summed E-state index contributed by atoms with van der Waals surface area (Å²) < 4.78 is 20.5. The molecule has 1 unspecified atom stereocenters. The van der Waals surface area contributed by atoms with Gasteiger partial charge in [0.05, 0.1) is 11.9 Å². The molecule has 0 amide bonds. The number of imidazole rings is 1. The number of benzene rings is 2. The van der Waals surface area contributed by atoms with Gasteiger partial charge in [0.25, 0.3) is 0 Å². The Bertz CT molecular complexity index is 1270. The first-order valence-electron chi connectivity index (χ1n) is 8.74. The van der Waals surface area contributed by atoms with Crippen molar-refractivity contribution in [2.75, 3.05) is 10.0 Å². The molecule has 0 aliphatic carbocycles. The summed E-state index contributed by atoms with van der Waals surface area (Å²) in [4.78, 5) is 13.3. The fraction of sp³-hybridized carbons (Fsp3) is 0.0526. The third-order valence-corrected chi connectivity index (χ3v) is 5.15. The second-order valence-corrected chi connectivity index (χ2v) is 6.85. The van der Waals surface area contributed by atoms with Gasteiger partial charge in [0, 0.05) is 11.1 Å². The molecule has 0 fully saturated rings. The molecule has 8 nitrogen and oxygen atoms in total. The van der Waals surface area contributed by atoms with E-state index in [0.717, 1.165) is 17.1 Å². The smallest absolute Gasteiger partial charge is 0.313 e. The van der Waals surface area contributed by atoms with E-state index < -0.39 is 0 Å². The lowest BCUT2D eigenvalue weighted by Crippen LogP contribution is -2.42. The minimum absolute atomic E-state index is 0.221. The maximum atomic E-state index is 13.2. The number of aromatic nitrogens is 4. The molecule has 6 rings (SSSR count). The van der Waals surface area contributed by atoms with Crippen LogP contribution in [0.25, 0.3) is 17.1 Å². The van der Waals surface area contributed by atoms with Crippen molar-refractivity contribution < 1.29 is 8.91 Å². The molecule has 2 aliphatic heterocycles. The van der Waals surface area contributed by atoms with Crippen LogP contribution in [0.2, 0.25) is 5.28 Å². The second kappa shape index (κ2) is 5.89. The number of halogens is 2. The largest absolute Gasteiger partial charge is 0.349 e. The normalized spacial score (nSPS) is 16.7. The molecule has 2 aliphatic rings. The Labute approximate surface area is 168 Å². The van der Waals surface area contributed by atoms with Crippen LogP contribution < -0.4 is 10.0 Å². The van der Waals surface area contributed by atoms with Gasteiger partial charge >= 0.3 is 6.01 Å². The summed E-state index contributed by atoms with van der Waals surface area (Å²) in [6.45, 7) is 0. The molecule has 2 aromatic heterocycles. The first-order chi connectivity index (χ1) is 14.2. The number of hydrogen-bond donors (Lipinski definition) is 0. The molecule has 4 heterocycles. The summed E-state index contributed by atoms with van der Waals surface area (Å²) in [5, 5.41) is 7.89. The summed E-state index contributed by atoms with van der Waals surface area (Å²) >= 11 is 6.35. The van der Waals surface area contributed by atoms with E-state index in [2.05, 4.69) is 20.1 Å². The highest BCUT2D eigenvalue weighted by atomic mass is 35.5. The summed E-state index contributed by atoms with van der Waals surface area (Å²) in [7, 11) is 0.